The Morgan fingerprint density at radius 3 is 2.88 bits per heavy atom. The van der Waals surface area contributed by atoms with Gasteiger partial charge in [0, 0.05) is 23.2 Å². The first-order valence-corrected chi connectivity index (χ1v) is 9.33. The highest BCUT2D eigenvalue weighted by Gasteiger charge is 2.41. The average molecular weight is 340 g/mol. The molecule has 0 saturated heterocycles. The van der Waals surface area contributed by atoms with Crippen molar-refractivity contribution in [3.8, 4) is 0 Å². The van der Waals surface area contributed by atoms with Gasteiger partial charge in [0.05, 0.1) is 34.4 Å². The molecule has 1 unspecified atom stereocenters. The van der Waals surface area contributed by atoms with Crippen LogP contribution in [0.2, 0.25) is 0 Å². The largest absolute Gasteiger partial charge is 0.372 e. The van der Waals surface area contributed by atoms with E-state index in [0.717, 1.165) is 33.6 Å². The molecule has 1 aromatic carbocycles. The third-order valence-corrected chi connectivity index (χ3v) is 6.64. The van der Waals surface area contributed by atoms with E-state index >= 15 is 0 Å². The number of rotatable bonds is 1. The molecular formula is C17H16N4O2S. The number of fused-ring (bicyclic) bond motifs is 1. The molecule has 24 heavy (non-hydrogen) atoms. The Labute approximate surface area is 140 Å². The van der Waals surface area contributed by atoms with E-state index in [1.807, 2.05) is 32.0 Å². The molecule has 7 heteroatoms. The van der Waals surface area contributed by atoms with E-state index < -0.39 is 15.8 Å². The van der Waals surface area contributed by atoms with Crippen LogP contribution in [0.4, 0.5) is 0 Å². The van der Waals surface area contributed by atoms with Gasteiger partial charge in [-0.05, 0) is 31.5 Å². The summed E-state index contributed by atoms with van der Waals surface area (Å²) < 4.78 is 25.2. The van der Waals surface area contributed by atoms with E-state index in [9.17, 15) is 8.42 Å². The molecule has 2 N–H and O–H groups in total. The van der Waals surface area contributed by atoms with Crippen molar-refractivity contribution in [2.45, 2.75) is 26.2 Å². The molecule has 0 amide bonds. The molecule has 1 atom stereocenters. The first-order valence-electron chi connectivity index (χ1n) is 7.68. The van der Waals surface area contributed by atoms with Crippen molar-refractivity contribution in [3.63, 3.8) is 0 Å². The number of allylic oxidation sites excluding steroid dienone is 3. The number of dihydropyridines is 1. The summed E-state index contributed by atoms with van der Waals surface area (Å²) in [4.78, 5) is 4.01. The van der Waals surface area contributed by atoms with Crippen molar-refractivity contribution < 1.29 is 8.42 Å². The van der Waals surface area contributed by atoms with Crippen LogP contribution in [-0.2, 0) is 9.84 Å². The van der Waals surface area contributed by atoms with Crippen LogP contribution in [0, 0.1) is 13.5 Å². The molecule has 2 aromatic rings. The van der Waals surface area contributed by atoms with Gasteiger partial charge < -0.3 is 5.32 Å². The topological polar surface area (TPSA) is 79.2 Å². The molecule has 0 aliphatic carbocycles. The lowest BCUT2D eigenvalue weighted by Gasteiger charge is -2.26. The molecule has 0 fully saturated rings. The summed E-state index contributed by atoms with van der Waals surface area (Å²) in [5, 5.41) is 11.2. The number of nitrogens with one attached hydrogen (secondary N) is 2. The zero-order valence-electron chi connectivity index (χ0n) is 13.3. The van der Waals surface area contributed by atoms with Gasteiger partial charge in [-0.2, -0.15) is 5.10 Å². The maximum Gasteiger partial charge on any atom is 0.196 e. The summed E-state index contributed by atoms with van der Waals surface area (Å²) >= 11 is 0. The molecule has 6 nitrogen and oxygen atoms in total. The number of H-pyrrole nitrogens is 1. The van der Waals surface area contributed by atoms with Gasteiger partial charge in [-0.1, -0.05) is 6.07 Å². The molecule has 122 valence electrons. The fraction of sp³-hybridized carbons (Fsp3) is 0.294. The van der Waals surface area contributed by atoms with Gasteiger partial charge in [0.15, 0.2) is 15.5 Å². The highest BCUT2D eigenvalue weighted by Crippen LogP contribution is 2.45. The van der Waals surface area contributed by atoms with E-state index in [1.54, 1.807) is 0 Å². The van der Waals surface area contributed by atoms with Crippen molar-refractivity contribution >= 4 is 20.7 Å². The molecule has 0 spiro atoms. The number of aromatic nitrogens is 2. The molecule has 1 aromatic heterocycles. The lowest BCUT2D eigenvalue weighted by molar-refractivity contribution is 0.602. The predicted molar refractivity (Wildman–Crippen MR) is 91.4 cm³/mol. The Hall–Kier alpha value is -2.59. The monoisotopic (exact) mass is 340 g/mol. The minimum Gasteiger partial charge on any atom is -0.372 e. The van der Waals surface area contributed by atoms with Gasteiger partial charge in [0.1, 0.15) is 0 Å². The van der Waals surface area contributed by atoms with Gasteiger partial charge >= 0.3 is 0 Å². The summed E-state index contributed by atoms with van der Waals surface area (Å²) in [6.45, 7) is 11.3. The Bertz CT molecular complexity index is 1080. The molecular weight excluding hydrogens is 324 g/mol. The van der Waals surface area contributed by atoms with Gasteiger partial charge in [-0.15, -0.1) is 0 Å². The van der Waals surface area contributed by atoms with Crippen LogP contribution in [0.3, 0.4) is 0 Å². The minimum atomic E-state index is -3.34. The molecule has 3 heterocycles. The first kappa shape index (κ1) is 15.0. The molecule has 2 aliphatic heterocycles. The van der Waals surface area contributed by atoms with Gasteiger partial charge in [-0.25, -0.2) is 13.3 Å². The highest BCUT2D eigenvalue weighted by molar-refractivity contribution is 7.95. The lowest BCUT2D eigenvalue weighted by atomic mass is 9.90. The van der Waals surface area contributed by atoms with Crippen LogP contribution in [0.25, 0.3) is 15.7 Å². The van der Waals surface area contributed by atoms with E-state index in [2.05, 4.69) is 20.4 Å². The third kappa shape index (κ3) is 2.00. The fourth-order valence-electron chi connectivity index (χ4n) is 3.57. The Morgan fingerprint density at radius 1 is 1.33 bits per heavy atom. The van der Waals surface area contributed by atoms with Crippen LogP contribution in [0.1, 0.15) is 30.5 Å². The second-order valence-corrected chi connectivity index (χ2v) is 8.28. The normalized spacial score (nSPS) is 22.5. The van der Waals surface area contributed by atoms with Crippen molar-refractivity contribution in [1.29, 1.82) is 0 Å². The van der Waals surface area contributed by atoms with Gasteiger partial charge in [-0.3, -0.25) is 5.10 Å². The van der Waals surface area contributed by atoms with E-state index in [-0.39, 0.29) is 5.75 Å². The Morgan fingerprint density at radius 2 is 2.12 bits per heavy atom. The second-order valence-electron chi connectivity index (χ2n) is 6.21. The zero-order chi connectivity index (χ0) is 17.1. The molecule has 0 bridgehead atoms. The predicted octanol–water partition coefficient (Wildman–Crippen LogP) is 2.74. The van der Waals surface area contributed by atoms with Crippen LogP contribution >= 0.6 is 0 Å². The SMILES string of the molecule is [C-]#[N+]C1=C(C)NC2=C(C1c1ccc3[nH]nc(C)c3c1)S(=O)(=O)CC2. The zero-order valence-corrected chi connectivity index (χ0v) is 14.2. The molecule has 4 rings (SSSR count). The number of benzene rings is 1. The summed E-state index contributed by atoms with van der Waals surface area (Å²) in [6, 6.07) is 5.72. The van der Waals surface area contributed by atoms with Crippen molar-refractivity contribution in [2.75, 3.05) is 5.75 Å². The van der Waals surface area contributed by atoms with Crippen LogP contribution in [0.15, 0.2) is 40.2 Å². The van der Waals surface area contributed by atoms with E-state index in [1.165, 1.54) is 0 Å². The summed E-state index contributed by atoms with van der Waals surface area (Å²) in [6.07, 6.45) is 0.476. The Kier molecular flexibility index (Phi) is 3.09. The smallest absolute Gasteiger partial charge is 0.196 e. The number of aryl methyl sites for hydroxylation is 1. The average Bonchev–Trinajstić information content (AvgIpc) is 3.06. The van der Waals surface area contributed by atoms with Gasteiger partial charge in [0.2, 0.25) is 0 Å². The number of aromatic amines is 1. The standard InChI is InChI=1S/C17H16N4O2S/c1-9-12-8-11(4-5-13(12)21-20-9)15-16(18-3)10(2)19-14-6-7-24(22,23)17(14)15/h4-5,8,15,19H,6-7H2,1-2H3,(H,20,21). The molecule has 0 saturated carbocycles. The maximum atomic E-state index is 12.6. The second kappa shape index (κ2) is 4.95. The lowest BCUT2D eigenvalue weighted by Crippen LogP contribution is -2.24. The van der Waals surface area contributed by atoms with E-state index in [0.29, 0.717) is 17.0 Å². The fourth-order valence-corrected chi connectivity index (χ4v) is 5.39. The summed E-state index contributed by atoms with van der Waals surface area (Å²) in [5.74, 6) is -0.433. The maximum absolute atomic E-state index is 12.6. The van der Waals surface area contributed by atoms with Crippen LogP contribution in [0.5, 0.6) is 0 Å². The summed E-state index contributed by atoms with van der Waals surface area (Å²) in [7, 11) is -3.34. The van der Waals surface area contributed by atoms with Gasteiger partial charge in [0.25, 0.3) is 0 Å². The van der Waals surface area contributed by atoms with E-state index in [4.69, 9.17) is 6.57 Å². The first-order chi connectivity index (χ1) is 11.4. The minimum absolute atomic E-state index is 0.104. The number of hydrogen-bond donors (Lipinski definition) is 2. The quantitative estimate of drug-likeness (QED) is 0.783. The summed E-state index contributed by atoms with van der Waals surface area (Å²) in [5.41, 5.74) is 4.48. The number of sulfone groups is 1. The molecule has 2 aliphatic rings. The molecule has 0 radical (unpaired) electrons. The number of nitrogens with zero attached hydrogens (tertiary/aromatic N) is 2. The number of hydrogen-bond acceptors (Lipinski definition) is 4. The third-order valence-electron chi connectivity index (χ3n) is 4.74. The van der Waals surface area contributed by atoms with Crippen molar-refractivity contribution in [3.05, 3.63) is 62.9 Å². The van der Waals surface area contributed by atoms with Crippen LogP contribution < -0.4 is 5.32 Å². The van der Waals surface area contributed by atoms with Crippen molar-refractivity contribution in [1.82, 2.24) is 15.5 Å². The Balaban J connectivity index is 1.98. The van der Waals surface area contributed by atoms with Crippen molar-refractivity contribution in [2.24, 2.45) is 0 Å². The highest BCUT2D eigenvalue weighted by atomic mass is 32.2. The van der Waals surface area contributed by atoms with Crippen LogP contribution in [-0.4, -0.2) is 24.4 Å².